The number of pyridine rings is 1. The van der Waals surface area contributed by atoms with E-state index in [9.17, 15) is 0 Å². The molecule has 102 valence electrons. The molecule has 0 radical (unpaired) electrons. The molecular weight excluding hydrogens is 325 g/mol. The van der Waals surface area contributed by atoms with Crippen LogP contribution in [0.4, 0.5) is 0 Å². The molecule has 0 aromatic carbocycles. The third-order valence-corrected chi connectivity index (χ3v) is 19.5. The Labute approximate surface area is 117 Å². The van der Waals surface area contributed by atoms with E-state index in [1.54, 1.807) is 0 Å². The SMILES string of the molecule is CCC[CH2][Sn]([CH2]CC)([CH2]CCC)[c]1ccccn1. The van der Waals surface area contributed by atoms with Crippen LogP contribution in [0, 0.1) is 0 Å². The van der Waals surface area contributed by atoms with E-state index in [0.717, 1.165) is 0 Å². The molecule has 0 atom stereocenters. The van der Waals surface area contributed by atoms with Crippen molar-refractivity contribution in [2.75, 3.05) is 0 Å². The Morgan fingerprint density at radius 3 is 2.00 bits per heavy atom. The zero-order valence-corrected chi connectivity index (χ0v) is 15.3. The molecule has 0 unspecified atom stereocenters. The molecule has 0 amide bonds. The van der Waals surface area contributed by atoms with Crippen LogP contribution in [0.2, 0.25) is 13.3 Å². The molecule has 1 aromatic rings. The molecular formula is C16H29NSn. The number of aromatic nitrogens is 1. The monoisotopic (exact) mass is 355 g/mol. The van der Waals surface area contributed by atoms with Gasteiger partial charge < -0.3 is 0 Å². The summed E-state index contributed by atoms with van der Waals surface area (Å²) in [5, 5.41) is 0. The quantitative estimate of drug-likeness (QED) is 0.584. The third-order valence-electron chi connectivity index (χ3n) is 3.95. The van der Waals surface area contributed by atoms with Crippen molar-refractivity contribution in [1.29, 1.82) is 0 Å². The fourth-order valence-electron chi connectivity index (χ4n) is 2.94. The van der Waals surface area contributed by atoms with Crippen LogP contribution in [0.1, 0.15) is 52.9 Å². The minimum absolute atomic E-state index is 1.33. The van der Waals surface area contributed by atoms with E-state index in [1.165, 1.54) is 49.1 Å². The van der Waals surface area contributed by atoms with Gasteiger partial charge >= 0.3 is 118 Å². The number of hydrogen-bond donors (Lipinski definition) is 0. The van der Waals surface area contributed by atoms with Gasteiger partial charge in [-0.25, -0.2) is 0 Å². The normalized spacial score (nSPS) is 11.7. The second-order valence-corrected chi connectivity index (χ2v) is 18.5. The van der Waals surface area contributed by atoms with Crippen LogP contribution in [0.25, 0.3) is 0 Å². The van der Waals surface area contributed by atoms with Gasteiger partial charge in [0.1, 0.15) is 0 Å². The van der Waals surface area contributed by atoms with Gasteiger partial charge in [-0.1, -0.05) is 0 Å². The van der Waals surface area contributed by atoms with E-state index in [0.29, 0.717) is 0 Å². The van der Waals surface area contributed by atoms with Gasteiger partial charge in [0.15, 0.2) is 0 Å². The summed E-state index contributed by atoms with van der Waals surface area (Å²) in [6, 6.07) is 6.59. The fraction of sp³-hybridized carbons (Fsp3) is 0.688. The first-order valence-corrected chi connectivity index (χ1v) is 15.2. The van der Waals surface area contributed by atoms with E-state index in [4.69, 9.17) is 4.98 Å². The summed E-state index contributed by atoms with van der Waals surface area (Å²) in [7, 11) is 0. The maximum absolute atomic E-state index is 4.77. The molecule has 0 bridgehead atoms. The zero-order valence-electron chi connectivity index (χ0n) is 12.4. The average Bonchev–Trinajstić information content (AvgIpc) is 2.43. The van der Waals surface area contributed by atoms with E-state index in [2.05, 4.69) is 39.0 Å². The van der Waals surface area contributed by atoms with Crippen LogP contribution in [-0.4, -0.2) is 23.4 Å². The fourth-order valence-corrected chi connectivity index (χ4v) is 18.2. The Balaban J connectivity index is 2.94. The maximum atomic E-state index is 4.77. The summed E-state index contributed by atoms with van der Waals surface area (Å²) in [6.07, 6.45) is 8.85. The van der Waals surface area contributed by atoms with Crippen molar-refractivity contribution < 1.29 is 0 Å². The van der Waals surface area contributed by atoms with Gasteiger partial charge in [-0.15, -0.1) is 0 Å². The van der Waals surface area contributed by atoms with Gasteiger partial charge in [0.2, 0.25) is 0 Å². The molecule has 0 fully saturated rings. The molecule has 1 aromatic heterocycles. The molecule has 2 heteroatoms. The van der Waals surface area contributed by atoms with Gasteiger partial charge in [0.05, 0.1) is 0 Å². The van der Waals surface area contributed by atoms with Gasteiger partial charge in [-0.3, -0.25) is 0 Å². The molecule has 0 saturated carbocycles. The summed E-state index contributed by atoms with van der Waals surface area (Å²) in [5.41, 5.74) is 0. The van der Waals surface area contributed by atoms with Crippen molar-refractivity contribution in [2.24, 2.45) is 0 Å². The molecule has 0 N–H and O–H groups in total. The van der Waals surface area contributed by atoms with Crippen molar-refractivity contribution in [1.82, 2.24) is 4.98 Å². The van der Waals surface area contributed by atoms with Crippen LogP contribution in [0.5, 0.6) is 0 Å². The summed E-state index contributed by atoms with van der Waals surface area (Å²) < 4.78 is 6.05. The van der Waals surface area contributed by atoms with Crippen molar-refractivity contribution >= 4 is 22.1 Å². The number of hydrogen-bond acceptors (Lipinski definition) is 1. The first kappa shape index (κ1) is 16.0. The van der Waals surface area contributed by atoms with Crippen LogP contribution >= 0.6 is 0 Å². The van der Waals surface area contributed by atoms with Crippen molar-refractivity contribution in [3.63, 3.8) is 0 Å². The number of nitrogens with zero attached hydrogens (tertiary/aromatic N) is 1. The van der Waals surface area contributed by atoms with Crippen LogP contribution in [0.3, 0.4) is 0 Å². The molecule has 1 heterocycles. The summed E-state index contributed by atoms with van der Waals surface area (Å²) in [4.78, 5) is 4.77. The Bertz CT molecular complexity index is 302. The van der Waals surface area contributed by atoms with Crippen LogP contribution in [-0.2, 0) is 0 Å². The predicted molar refractivity (Wildman–Crippen MR) is 84.2 cm³/mol. The Morgan fingerprint density at radius 2 is 1.56 bits per heavy atom. The molecule has 18 heavy (non-hydrogen) atoms. The summed E-state index contributed by atoms with van der Waals surface area (Å²) >= 11 is -2.17. The van der Waals surface area contributed by atoms with Gasteiger partial charge in [-0.2, -0.15) is 0 Å². The molecule has 0 aliphatic rings. The van der Waals surface area contributed by atoms with Gasteiger partial charge in [-0.05, 0) is 0 Å². The molecule has 0 aliphatic heterocycles. The Morgan fingerprint density at radius 1 is 0.889 bits per heavy atom. The molecule has 0 saturated heterocycles. The molecule has 1 rings (SSSR count). The average molecular weight is 354 g/mol. The number of rotatable bonds is 9. The minimum atomic E-state index is -2.17. The van der Waals surface area contributed by atoms with Crippen molar-refractivity contribution in [2.45, 2.75) is 66.2 Å². The van der Waals surface area contributed by atoms with Crippen molar-refractivity contribution in [3.05, 3.63) is 24.4 Å². The van der Waals surface area contributed by atoms with Gasteiger partial charge in [0, 0.05) is 0 Å². The van der Waals surface area contributed by atoms with E-state index in [-0.39, 0.29) is 0 Å². The summed E-state index contributed by atoms with van der Waals surface area (Å²) in [5.74, 6) is 0. The second kappa shape index (κ2) is 8.95. The molecule has 0 spiro atoms. The Kier molecular flexibility index (Phi) is 7.96. The number of unbranched alkanes of at least 4 members (excludes halogenated alkanes) is 2. The van der Waals surface area contributed by atoms with Gasteiger partial charge in [0.25, 0.3) is 0 Å². The zero-order chi connectivity index (χ0) is 13.3. The first-order valence-electron chi connectivity index (χ1n) is 7.70. The third kappa shape index (κ3) is 4.56. The molecule has 0 aliphatic carbocycles. The topological polar surface area (TPSA) is 12.9 Å². The van der Waals surface area contributed by atoms with Crippen LogP contribution < -0.4 is 3.71 Å². The van der Waals surface area contributed by atoms with E-state index >= 15 is 0 Å². The predicted octanol–water partition coefficient (Wildman–Crippen LogP) is 4.75. The van der Waals surface area contributed by atoms with Crippen LogP contribution in [0.15, 0.2) is 24.4 Å². The van der Waals surface area contributed by atoms with E-state index < -0.39 is 18.4 Å². The van der Waals surface area contributed by atoms with E-state index in [1.807, 2.05) is 6.20 Å². The first-order chi connectivity index (χ1) is 8.79. The standard InChI is InChI=1S/C5H4N.2C4H9.C3H7.Sn/c1-2-4-6-5-3-1;2*1-3-4-2;1-3-2;/h1-4H;2*1,3-4H2,2H3;1,3H2,2H3;. The second-order valence-electron chi connectivity index (χ2n) is 5.45. The van der Waals surface area contributed by atoms with Crippen molar-refractivity contribution in [3.8, 4) is 0 Å². The summed E-state index contributed by atoms with van der Waals surface area (Å²) in [6.45, 7) is 6.99. The molecule has 1 nitrogen and oxygen atoms in total. The Hall–Kier alpha value is -0.0513.